The van der Waals surface area contributed by atoms with Gasteiger partial charge in [-0.2, -0.15) is 0 Å². The van der Waals surface area contributed by atoms with E-state index in [9.17, 15) is 14.0 Å². The van der Waals surface area contributed by atoms with Gasteiger partial charge in [-0.3, -0.25) is 0 Å². The van der Waals surface area contributed by atoms with E-state index in [1.54, 1.807) is 6.92 Å². The van der Waals surface area contributed by atoms with Crippen molar-refractivity contribution in [1.29, 1.82) is 0 Å². The van der Waals surface area contributed by atoms with Crippen LogP contribution in [0.3, 0.4) is 0 Å². The fourth-order valence-corrected chi connectivity index (χ4v) is 0.208. The highest BCUT2D eigenvalue weighted by Crippen LogP contribution is 1.93. The quantitative estimate of drug-likeness (QED) is 0.682. The maximum Gasteiger partial charge on any atom is 0.333 e. The van der Waals surface area contributed by atoms with Crippen LogP contribution in [-0.2, 0) is 9.59 Å². The van der Waals surface area contributed by atoms with Crippen molar-refractivity contribution < 1.29 is 24.2 Å². The van der Waals surface area contributed by atoms with Crippen molar-refractivity contribution in [2.45, 2.75) is 13.3 Å². The molecule has 0 aliphatic carbocycles. The molecule has 0 rings (SSSR count). The summed E-state index contributed by atoms with van der Waals surface area (Å²) in [5, 5.41) is 15.9. The Balaban J connectivity index is 0. The van der Waals surface area contributed by atoms with Gasteiger partial charge in [0.15, 0.2) is 0 Å². The summed E-state index contributed by atoms with van der Waals surface area (Å²) in [5.74, 6) is -2.18. The van der Waals surface area contributed by atoms with E-state index in [-0.39, 0.29) is 5.57 Å². The number of rotatable bonds is 4. The lowest BCUT2D eigenvalue weighted by molar-refractivity contribution is -0.133. The molecular formula is C9H13FO4. The molecule has 0 atom stereocenters. The summed E-state index contributed by atoms with van der Waals surface area (Å²) in [6, 6.07) is 0. The van der Waals surface area contributed by atoms with Crippen molar-refractivity contribution in [1.82, 2.24) is 0 Å². The average Bonchev–Trinajstić information content (AvgIpc) is 2.15. The number of carboxylic acids is 2. The van der Waals surface area contributed by atoms with Crippen LogP contribution in [0.4, 0.5) is 4.39 Å². The smallest absolute Gasteiger partial charge is 0.333 e. The molecule has 4 nitrogen and oxygen atoms in total. The zero-order valence-corrected chi connectivity index (χ0v) is 7.92. The van der Waals surface area contributed by atoms with Gasteiger partial charge in [0.25, 0.3) is 0 Å². The molecule has 0 aliphatic rings. The summed E-state index contributed by atoms with van der Waals surface area (Å²) < 4.78 is 11.2. The second-order valence-corrected chi connectivity index (χ2v) is 2.30. The highest BCUT2D eigenvalue weighted by atomic mass is 19.1. The van der Waals surface area contributed by atoms with Gasteiger partial charge in [0.05, 0.1) is 5.57 Å². The molecule has 0 heterocycles. The molecular weight excluding hydrogens is 191 g/mol. The van der Waals surface area contributed by atoms with Gasteiger partial charge >= 0.3 is 11.9 Å². The molecule has 2 N–H and O–H groups in total. The monoisotopic (exact) mass is 204 g/mol. The van der Waals surface area contributed by atoms with Gasteiger partial charge in [-0.1, -0.05) is 20.1 Å². The Labute approximate surface area is 81.4 Å². The van der Waals surface area contributed by atoms with Crippen molar-refractivity contribution in [3.8, 4) is 0 Å². The Hall–Kier alpha value is -1.65. The lowest BCUT2D eigenvalue weighted by Gasteiger charge is -1.87. The zero-order valence-electron chi connectivity index (χ0n) is 7.92. The Morgan fingerprint density at radius 2 is 1.50 bits per heavy atom. The van der Waals surface area contributed by atoms with E-state index >= 15 is 0 Å². The molecule has 0 saturated carbocycles. The molecule has 0 amide bonds. The van der Waals surface area contributed by atoms with E-state index in [2.05, 4.69) is 13.2 Å². The molecule has 0 fully saturated rings. The van der Waals surface area contributed by atoms with Crippen molar-refractivity contribution in [2.24, 2.45) is 0 Å². The first-order valence-corrected chi connectivity index (χ1v) is 3.74. The molecule has 0 unspecified atom stereocenters. The van der Waals surface area contributed by atoms with Crippen LogP contribution in [0.2, 0.25) is 0 Å². The molecule has 5 heteroatoms. The minimum Gasteiger partial charge on any atom is -0.478 e. The molecule has 0 aliphatic heterocycles. The van der Waals surface area contributed by atoms with Gasteiger partial charge in [0.1, 0.15) is 6.67 Å². The number of alkyl halides is 1. The van der Waals surface area contributed by atoms with E-state index in [4.69, 9.17) is 10.2 Å². The number of aliphatic carboxylic acids is 2. The van der Waals surface area contributed by atoms with Gasteiger partial charge in [0.2, 0.25) is 0 Å². The second kappa shape index (κ2) is 7.97. The Morgan fingerprint density at radius 3 is 1.50 bits per heavy atom. The first kappa shape index (κ1) is 14.9. The van der Waals surface area contributed by atoms with E-state index in [0.717, 1.165) is 0 Å². The van der Waals surface area contributed by atoms with Crippen LogP contribution in [0, 0.1) is 0 Å². The van der Waals surface area contributed by atoms with Crippen molar-refractivity contribution in [3.63, 3.8) is 0 Å². The SMILES string of the molecule is C=C(CC)C(=O)O.C=C(CF)C(=O)O. The minimum absolute atomic E-state index is 0.264. The predicted octanol–water partition coefficient (Wildman–Crippen LogP) is 1.63. The fourth-order valence-electron chi connectivity index (χ4n) is 0.208. The lowest BCUT2D eigenvalue weighted by atomic mass is 10.2. The largest absolute Gasteiger partial charge is 0.478 e. The zero-order chi connectivity index (χ0) is 11.7. The van der Waals surface area contributed by atoms with Crippen LogP contribution in [0.5, 0.6) is 0 Å². The average molecular weight is 204 g/mol. The van der Waals surface area contributed by atoms with Gasteiger partial charge in [-0.05, 0) is 6.42 Å². The minimum atomic E-state index is -1.28. The highest BCUT2D eigenvalue weighted by Gasteiger charge is 1.99. The summed E-state index contributed by atoms with van der Waals surface area (Å²) in [6.07, 6.45) is 0.523. The molecule has 0 aromatic carbocycles. The summed E-state index contributed by atoms with van der Waals surface area (Å²) in [6.45, 7) is 6.95. The number of hydrogen-bond donors (Lipinski definition) is 2. The third kappa shape index (κ3) is 8.45. The molecule has 0 radical (unpaired) electrons. The number of halogens is 1. The standard InChI is InChI=1S/C5H8O2.C4H5FO2/c1-3-4(2)5(6)7;1-3(2-5)4(6)7/h2-3H2,1H3,(H,6,7);1-2H2,(H,6,7). The third-order valence-electron chi connectivity index (χ3n) is 1.19. The maximum atomic E-state index is 11.2. The van der Waals surface area contributed by atoms with Crippen LogP contribution < -0.4 is 0 Å². The van der Waals surface area contributed by atoms with E-state index in [0.29, 0.717) is 6.42 Å². The first-order chi connectivity index (χ1) is 6.36. The van der Waals surface area contributed by atoms with Crippen LogP contribution in [-0.4, -0.2) is 28.8 Å². The predicted molar refractivity (Wildman–Crippen MR) is 49.8 cm³/mol. The van der Waals surface area contributed by atoms with Crippen molar-refractivity contribution >= 4 is 11.9 Å². The topological polar surface area (TPSA) is 74.6 Å². The molecule has 0 spiro atoms. The van der Waals surface area contributed by atoms with Crippen LogP contribution >= 0.6 is 0 Å². The Kier molecular flexibility index (Phi) is 8.46. The second-order valence-electron chi connectivity index (χ2n) is 2.30. The lowest BCUT2D eigenvalue weighted by Crippen LogP contribution is -1.99. The van der Waals surface area contributed by atoms with Gasteiger partial charge < -0.3 is 10.2 Å². The summed E-state index contributed by atoms with van der Waals surface area (Å²) in [5.41, 5.74) is -0.139. The highest BCUT2D eigenvalue weighted by molar-refractivity contribution is 5.86. The number of carbonyl (C=O) groups is 2. The van der Waals surface area contributed by atoms with Crippen molar-refractivity contribution in [3.05, 3.63) is 24.3 Å². The van der Waals surface area contributed by atoms with Crippen LogP contribution in [0.1, 0.15) is 13.3 Å². The van der Waals surface area contributed by atoms with Crippen molar-refractivity contribution in [2.75, 3.05) is 6.67 Å². The van der Waals surface area contributed by atoms with Crippen LogP contribution in [0.25, 0.3) is 0 Å². The van der Waals surface area contributed by atoms with Gasteiger partial charge in [-0.15, -0.1) is 0 Å². The maximum absolute atomic E-state index is 11.2. The molecule has 0 aromatic heterocycles. The third-order valence-corrected chi connectivity index (χ3v) is 1.19. The van der Waals surface area contributed by atoms with E-state index < -0.39 is 24.2 Å². The molecule has 0 aromatic rings. The molecule has 14 heavy (non-hydrogen) atoms. The van der Waals surface area contributed by atoms with E-state index in [1.807, 2.05) is 0 Å². The summed E-state index contributed by atoms with van der Waals surface area (Å²) in [7, 11) is 0. The first-order valence-electron chi connectivity index (χ1n) is 3.74. The van der Waals surface area contributed by atoms with E-state index in [1.165, 1.54) is 0 Å². The fraction of sp³-hybridized carbons (Fsp3) is 0.333. The normalized spacial score (nSPS) is 8.14. The van der Waals surface area contributed by atoms with Gasteiger partial charge in [-0.25, -0.2) is 14.0 Å². The van der Waals surface area contributed by atoms with Crippen LogP contribution in [0.15, 0.2) is 24.3 Å². The number of hydrogen-bond acceptors (Lipinski definition) is 2. The molecule has 0 bridgehead atoms. The number of carboxylic acid groups (broad SMARTS) is 2. The Bertz CT molecular complexity index is 219. The molecule has 80 valence electrons. The summed E-state index contributed by atoms with van der Waals surface area (Å²) in [4.78, 5) is 19.4. The molecule has 0 saturated heterocycles. The Morgan fingerprint density at radius 1 is 1.14 bits per heavy atom. The van der Waals surface area contributed by atoms with Gasteiger partial charge in [0, 0.05) is 5.57 Å². The summed E-state index contributed by atoms with van der Waals surface area (Å²) >= 11 is 0.